The third kappa shape index (κ3) is 3.66. The largest absolute Gasteiger partial charge is 0.416 e. The average Bonchev–Trinajstić information content (AvgIpc) is 2.37. The standard InChI is InChI=1S/C15H21F3N2/c16-15(17,18)14-10-13(7-6-12(14)11-19)20-8-4-2-1-3-5-9-20/h6-7,10H,1-5,8-9,11,19H2. The van der Waals surface area contributed by atoms with Gasteiger partial charge in [-0.1, -0.05) is 25.3 Å². The Morgan fingerprint density at radius 1 is 1.00 bits per heavy atom. The molecule has 0 unspecified atom stereocenters. The molecule has 0 spiro atoms. The van der Waals surface area contributed by atoms with Crippen LogP contribution in [0.1, 0.15) is 43.2 Å². The van der Waals surface area contributed by atoms with Crippen LogP contribution in [-0.2, 0) is 12.7 Å². The van der Waals surface area contributed by atoms with Crippen LogP contribution in [0.25, 0.3) is 0 Å². The van der Waals surface area contributed by atoms with Crippen molar-refractivity contribution in [2.75, 3.05) is 18.0 Å². The summed E-state index contributed by atoms with van der Waals surface area (Å²) in [5.74, 6) is 0. The molecule has 1 fully saturated rings. The highest BCUT2D eigenvalue weighted by molar-refractivity contribution is 5.52. The minimum absolute atomic E-state index is 0.0882. The molecule has 5 heteroatoms. The summed E-state index contributed by atoms with van der Waals surface area (Å²) >= 11 is 0. The van der Waals surface area contributed by atoms with Crippen LogP contribution >= 0.6 is 0 Å². The molecule has 1 heterocycles. The normalized spacial score (nSPS) is 17.7. The fourth-order valence-electron chi connectivity index (χ4n) is 2.71. The van der Waals surface area contributed by atoms with E-state index in [0.717, 1.165) is 38.8 Å². The smallest absolute Gasteiger partial charge is 0.372 e. The summed E-state index contributed by atoms with van der Waals surface area (Å²) in [5.41, 5.74) is 5.63. The van der Waals surface area contributed by atoms with Crippen LogP contribution in [0, 0.1) is 0 Å². The highest BCUT2D eigenvalue weighted by atomic mass is 19.4. The zero-order chi connectivity index (χ0) is 14.6. The van der Waals surface area contributed by atoms with Gasteiger partial charge in [-0.3, -0.25) is 0 Å². The van der Waals surface area contributed by atoms with Crippen LogP contribution < -0.4 is 10.6 Å². The molecule has 2 nitrogen and oxygen atoms in total. The van der Waals surface area contributed by atoms with Crippen LogP contribution in [0.4, 0.5) is 18.9 Å². The van der Waals surface area contributed by atoms with E-state index in [0.29, 0.717) is 5.69 Å². The minimum atomic E-state index is -4.34. The number of anilines is 1. The van der Waals surface area contributed by atoms with Crippen LogP contribution in [0.15, 0.2) is 18.2 Å². The molecule has 1 aliphatic heterocycles. The van der Waals surface area contributed by atoms with E-state index in [-0.39, 0.29) is 12.1 Å². The summed E-state index contributed by atoms with van der Waals surface area (Å²) in [5, 5.41) is 0. The van der Waals surface area contributed by atoms with Gasteiger partial charge in [-0.2, -0.15) is 13.2 Å². The quantitative estimate of drug-likeness (QED) is 0.892. The van der Waals surface area contributed by atoms with E-state index in [1.165, 1.54) is 18.6 Å². The molecule has 1 aromatic rings. The van der Waals surface area contributed by atoms with Gasteiger partial charge in [-0.05, 0) is 30.5 Å². The molecule has 0 amide bonds. The molecule has 2 N–H and O–H groups in total. The Hall–Kier alpha value is -1.23. The number of hydrogen-bond acceptors (Lipinski definition) is 2. The van der Waals surface area contributed by atoms with E-state index in [2.05, 4.69) is 4.90 Å². The maximum atomic E-state index is 13.1. The van der Waals surface area contributed by atoms with Crippen molar-refractivity contribution in [2.24, 2.45) is 5.73 Å². The third-order valence-electron chi connectivity index (χ3n) is 3.84. The first kappa shape index (κ1) is 15.2. The van der Waals surface area contributed by atoms with Gasteiger partial charge in [0.05, 0.1) is 5.56 Å². The highest BCUT2D eigenvalue weighted by Gasteiger charge is 2.33. The van der Waals surface area contributed by atoms with Gasteiger partial charge in [-0.25, -0.2) is 0 Å². The molecule has 0 aliphatic carbocycles. The van der Waals surface area contributed by atoms with E-state index in [1.807, 2.05) is 0 Å². The number of rotatable bonds is 2. The Balaban J connectivity index is 2.27. The van der Waals surface area contributed by atoms with Crippen molar-refractivity contribution in [1.82, 2.24) is 0 Å². The highest BCUT2D eigenvalue weighted by Crippen LogP contribution is 2.35. The third-order valence-corrected chi connectivity index (χ3v) is 3.84. The first-order chi connectivity index (χ1) is 9.52. The Morgan fingerprint density at radius 3 is 2.15 bits per heavy atom. The lowest BCUT2D eigenvalue weighted by Crippen LogP contribution is -2.27. The maximum absolute atomic E-state index is 13.1. The van der Waals surface area contributed by atoms with Gasteiger partial charge >= 0.3 is 6.18 Å². The monoisotopic (exact) mass is 286 g/mol. The summed E-state index contributed by atoms with van der Waals surface area (Å²) in [4.78, 5) is 2.06. The van der Waals surface area contributed by atoms with Crippen LogP contribution in [0.5, 0.6) is 0 Å². The van der Waals surface area contributed by atoms with E-state index >= 15 is 0 Å². The summed E-state index contributed by atoms with van der Waals surface area (Å²) in [6.07, 6.45) is 1.29. The predicted octanol–water partition coefficient (Wildman–Crippen LogP) is 3.93. The van der Waals surface area contributed by atoms with Crippen LogP contribution in [0.3, 0.4) is 0 Å². The molecule has 1 aliphatic rings. The van der Waals surface area contributed by atoms with Crippen molar-refractivity contribution in [3.63, 3.8) is 0 Å². The summed E-state index contributed by atoms with van der Waals surface area (Å²) in [6.45, 7) is 1.58. The van der Waals surface area contributed by atoms with Crippen molar-refractivity contribution in [3.8, 4) is 0 Å². The van der Waals surface area contributed by atoms with Gasteiger partial charge in [0.2, 0.25) is 0 Å². The number of benzene rings is 1. The van der Waals surface area contributed by atoms with Gasteiger partial charge in [0.25, 0.3) is 0 Å². The second kappa shape index (κ2) is 6.48. The number of halogens is 3. The van der Waals surface area contributed by atoms with Gasteiger partial charge in [0.15, 0.2) is 0 Å². The van der Waals surface area contributed by atoms with Crippen molar-refractivity contribution in [2.45, 2.75) is 44.8 Å². The Kier molecular flexibility index (Phi) is 4.91. The zero-order valence-electron chi connectivity index (χ0n) is 11.5. The molecule has 1 aromatic carbocycles. The SMILES string of the molecule is NCc1ccc(N2CCCCCCC2)cc1C(F)(F)F. The fraction of sp³-hybridized carbons (Fsp3) is 0.600. The molecule has 1 saturated heterocycles. The summed E-state index contributed by atoms with van der Waals surface area (Å²) in [6, 6.07) is 4.53. The fourth-order valence-corrected chi connectivity index (χ4v) is 2.71. The van der Waals surface area contributed by atoms with E-state index < -0.39 is 11.7 Å². The number of nitrogens with two attached hydrogens (primary N) is 1. The first-order valence-corrected chi connectivity index (χ1v) is 7.17. The van der Waals surface area contributed by atoms with Crippen molar-refractivity contribution in [1.29, 1.82) is 0 Å². The summed E-state index contributed by atoms with van der Waals surface area (Å²) in [7, 11) is 0. The predicted molar refractivity (Wildman–Crippen MR) is 74.6 cm³/mol. The van der Waals surface area contributed by atoms with Gasteiger partial charge in [0, 0.05) is 25.3 Å². The average molecular weight is 286 g/mol. The molecule has 0 bridgehead atoms. The lowest BCUT2D eigenvalue weighted by atomic mass is 10.0. The summed E-state index contributed by atoms with van der Waals surface area (Å²) < 4.78 is 39.2. The molecule has 112 valence electrons. The van der Waals surface area contributed by atoms with E-state index in [1.54, 1.807) is 6.07 Å². The first-order valence-electron chi connectivity index (χ1n) is 7.17. The zero-order valence-corrected chi connectivity index (χ0v) is 11.5. The van der Waals surface area contributed by atoms with Gasteiger partial charge in [0.1, 0.15) is 0 Å². The Labute approximate surface area is 117 Å². The minimum Gasteiger partial charge on any atom is -0.372 e. The topological polar surface area (TPSA) is 29.3 Å². The van der Waals surface area contributed by atoms with Crippen molar-refractivity contribution >= 4 is 5.69 Å². The molecular formula is C15H21F3N2. The maximum Gasteiger partial charge on any atom is 0.416 e. The second-order valence-electron chi connectivity index (χ2n) is 5.30. The molecule has 2 rings (SSSR count). The molecule has 0 aromatic heterocycles. The van der Waals surface area contributed by atoms with Crippen LogP contribution in [0.2, 0.25) is 0 Å². The Morgan fingerprint density at radius 2 is 1.60 bits per heavy atom. The van der Waals surface area contributed by atoms with Crippen molar-refractivity contribution in [3.05, 3.63) is 29.3 Å². The van der Waals surface area contributed by atoms with Gasteiger partial charge < -0.3 is 10.6 Å². The lowest BCUT2D eigenvalue weighted by molar-refractivity contribution is -0.138. The molecular weight excluding hydrogens is 265 g/mol. The lowest BCUT2D eigenvalue weighted by Gasteiger charge is -2.28. The van der Waals surface area contributed by atoms with E-state index in [4.69, 9.17) is 5.73 Å². The number of alkyl halides is 3. The molecule has 20 heavy (non-hydrogen) atoms. The molecule has 0 radical (unpaired) electrons. The van der Waals surface area contributed by atoms with E-state index in [9.17, 15) is 13.2 Å². The van der Waals surface area contributed by atoms with Crippen molar-refractivity contribution < 1.29 is 13.2 Å². The molecule has 0 saturated carbocycles. The molecule has 0 atom stereocenters. The van der Waals surface area contributed by atoms with Gasteiger partial charge in [-0.15, -0.1) is 0 Å². The van der Waals surface area contributed by atoms with Crippen LogP contribution in [-0.4, -0.2) is 13.1 Å². The second-order valence-corrected chi connectivity index (χ2v) is 5.30. The Bertz CT molecular complexity index is 435. The number of hydrogen-bond donors (Lipinski definition) is 1. The number of nitrogens with zero attached hydrogens (tertiary/aromatic N) is 1.